The highest BCUT2D eigenvalue weighted by molar-refractivity contribution is 6.17. The number of esters is 1. The Balaban J connectivity index is 2.37. The Labute approximate surface area is 68.8 Å². The van der Waals surface area contributed by atoms with Crippen molar-refractivity contribution in [3.63, 3.8) is 0 Å². The van der Waals surface area contributed by atoms with Crippen molar-refractivity contribution in [1.29, 1.82) is 0 Å². The molecule has 0 spiro atoms. The Hall–Kier alpha value is -0.770. The van der Waals surface area contributed by atoms with E-state index < -0.39 is 12.0 Å². The summed E-state index contributed by atoms with van der Waals surface area (Å²) < 4.78 is 4.49. The van der Waals surface area contributed by atoms with E-state index in [2.05, 4.69) is 10.1 Å². The Morgan fingerprint density at radius 1 is 1.82 bits per heavy atom. The van der Waals surface area contributed by atoms with Crippen LogP contribution < -0.4 is 5.32 Å². The van der Waals surface area contributed by atoms with Crippen LogP contribution in [0.5, 0.6) is 0 Å². The standard InChI is InChI=1S/C6H8ClNO3/c7-3-11-6(10)4-1-2-5(9)8-4/h4H,1-3H2,(H,8,9). The lowest BCUT2D eigenvalue weighted by atomic mass is 10.2. The van der Waals surface area contributed by atoms with Crippen LogP contribution >= 0.6 is 11.6 Å². The van der Waals surface area contributed by atoms with E-state index in [1.165, 1.54) is 0 Å². The summed E-state index contributed by atoms with van der Waals surface area (Å²) in [4.78, 5) is 21.5. The highest BCUT2D eigenvalue weighted by atomic mass is 35.5. The molecule has 0 bridgehead atoms. The molecule has 1 amide bonds. The Morgan fingerprint density at radius 3 is 3.00 bits per heavy atom. The summed E-state index contributed by atoms with van der Waals surface area (Å²) in [6.45, 7) is 0. The van der Waals surface area contributed by atoms with Crippen LogP contribution in [-0.2, 0) is 14.3 Å². The number of alkyl halides is 1. The molecule has 0 aromatic heterocycles. The van der Waals surface area contributed by atoms with Gasteiger partial charge in [0.05, 0.1) is 0 Å². The van der Waals surface area contributed by atoms with Crippen molar-refractivity contribution in [1.82, 2.24) is 5.32 Å². The summed E-state index contributed by atoms with van der Waals surface area (Å²) in [5.41, 5.74) is 0. The lowest BCUT2D eigenvalue weighted by molar-refractivity contribution is -0.144. The van der Waals surface area contributed by atoms with Gasteiger partial charge < -0.3 is 10.1 Å². The van der Waals surface area contributed by atoms with Crippen molar-refractivity contribution in [3.05, 3.63) is 0 Å². The Bertz CT molecular complexity index is 183. The third-order valence-corrected chi connectivity index (χ3v) is 1.59. The predicted molar refractivity (Wildman–Crippen MR) is 38.0 cm³/mol. The normalized spacial score (nSPS) is 23.0. The van der Waals surface area contributed by atoms with E-state index in [0.717, 1.165) is 0 Å². The molecule has 0 aromatic carbocycles. The molecule has 1 unspecified atom stereocenters. The van der Waals surface area contributed by atoms with Crippen LogP contribution in [0.25, 0.3) is 0 Å². The van der Waals surface area contributed by atoms with Crippen molar-refractivity contribution in [2.75, 3.05) is 6.07 Å². The predicted octanol–water partition coefficient (Wildman–Crippen LogP) is 0.00450. The number of hydrogen-bond acceptors (Lipinski definition) is 3. The minimum atomic E-state index is -0.485. The molecule has 1 saturated heterocycles. The molecule has 1 heterocycles. The zero-order valence-corrected chi connectivity index (χ0v) is 6.56. The van der Waals surface area contributed by atoms with Crippen LogP contribution in [0.2, 0.25) is 0 Å². The highest BCUT2D eigenvalue weighted by Gasteiger charge is 2.27. The second-order valence-electron chi connectivity index (χ2n) is 2.23. The minimum Gasteiger partial charge on any atom is -0.448 e. The molecular formula is C6H8ClNO3. The van der Waals surface area contributed by atoms with Gasteiger partial charge in [0.1, 0.15) is 6.04 Å². The zero-order chi connectivity index (χ0) is 8.27. The third-order valence-electron chi connectivity index (χ3n) is 1.48. The first kappa shape index (κ1) is 8.33. The van der Waals surface area contributed by atoms with E-state index >= 15 is 0 Å². The van der Waals surface area contributed by atoms with E-state index in [0.29, 0.717) is 12.8 Å². The topological polar surface area (TPSA) is 55.4 Å². The van der Waals surface area contributed by atoms with Gasteiger partial charge in [-0.15, -0.1) is 0 Å². The molecular weight excluding hydrogens is 170 g/mol. The second-order valence-corrected chi connectivity index (χ2v) is 2.45. The van der Waals surface area contributed by atoms with Crippen LogP contribution in [0.15, 0.2) is 0 Å². The van der Waals surface area contributed by atoms with Crippen LogP contribution in [-0.4, -0.2) is 24.0 Å². The van der Waals surface area contributed by atoms with Crippen molar-refractivity contribution >= 4 is 23.5 Å². The third kappa shape index (κ3) is 2.08. The number of halogens is 1. The maximum atomic E-state index is 10.9. The average Bonchev–Trinajstić information content (AvgIpc) is 2.36. The van der Waals surface area contributed by atoms with Gasteiger partial charge >= 0.3 is 5.97 Å². The van der Waals surface area contributed by atoms with Crippen LogP contribution in [0.1, 0.15) is 12.8 Å². The average molecular weight is 178 g/mol. The molecule has 1 aliphatic heterocycles. The first-order valence-electron chi connectivity index (χ1n) is 3.26. The molecule has 1 atom stereocenters. The summed E-state index contributed by atoms with van der Waals surface area (Å²) in [6, 6.07) is -0.646. The molecule has 1 N–H and O–H groups in total. The molecule has 0 saturated carbocycles. The smallest absolute Gasteiger partial charge is 0.329 e. The molecule has 11 heavy (non-hydrogen) atoms. The van der Waals surface area contributed by atoms with Gasteiger partial charge in [-0.2, -0.15) is 0 Å². The first-order valence-corrected chi connectivity index (χ1v) is 3.79. The van der Waals surface area contributed by atoms with Gasteiger partial charge in [0.15, 0.2) is 6.07 Å². The number of carbonyl (C=O) groups excluding carboxylic acids is 2. The molecule has 1 aliphatic rings. The van der Waals surface area contributed by atoms with Gasteiger partial charge in [-0.3, -0.25) is 4.79 Å². The van der Waals surface area contributed by atoms with Crippen LogP contribution in [0.3, 0.4) is 0 Å². The van der Waals surface area contributed by atoms with Crippen molar-refractivity contribution in [3.8, 4) is 0 Å². The fourth-order valence-corrected chi connectivity index (χ4v) is 1.05. The van der Waals surface area contributed by atoms with E-state index in [4.69, 9.17) is 11.6 Å². The largest absolute Gasteiger partial charge is 0.448 e. The highest BCUT2D eigenvalue weighted by Crippen LogP contribution is 2.07. The zero-order valence-electron chi connectivity index (χ0n) is 5.80. The van der Waals surface area contributed by atoms with Crippen LogP contribution in [0, 0.1) is 0 Å². The SMILES string of the molecule is O=C1CCC(C(=O)OCCl)N1. The van der Waals surface area contributed by atoms with Crippen molar-refractivity contribution in [2.24, 2.45) is 0 Å². The van der Waals surface area contributed by atoms with Gasteiger partial charge in [0, 0.05) is 6.42 Å². The van der Waals surface area contributed by atoms with E-state index in [-0.39, 0.29) is 12.0 Å². The van der Waals surface area contributed by atoms with E-state index in [1.807, 2.05) is 0 Å². The lowest BCUT2D eigenvalue weighted by Crippen LogP contribution is -2.34. The van der Waals surface area contributed by atoms with E-state index in [1.54, 1.807) is 0 Å². The van der Waals surface area contributed by atoms with Gasteiger partial charge in [0.2, 0.25) is 5.91 Å². The van der Waals surface area contributed by atoms with Gasteiger partial charge in [0.25, 0.3) is 0 Å². The monoisotopic (exact) mass is 177 g/mol. The van der Waals surface area contributed by atoms with Crippen molar-refractivity contribution < 1.29 is 14.3 Å². The molecule has 5 heteroatoms. The first-order chi connectivity index (χ1) is 5.24. The minimum absolute atomic E-state index is 0.110. The number of hydrogen-bond donors (Lipinski definition) is 1. The lowest BCUT2D eigenvalue weighted by Gasteiger charge is -2.06. The van der Waals surface area contributed by atoms with Gasteiger partial charge in [-0.25, -0.2) is 4.79 Å². The van der Waals surface area contributed by atoms with Gasteiger partial charge in [-0.1, -0.05) is 11.6 Å². The van der Waals surface area contributed by atoms with Crippen molar-refractivity contribution in [2.45, 2.75) is 18.9 Å². The summed E-state index contributed by atoms with van der Waals surface area (Å²) in [5, 5.41) is 2.47. The summed E-state index contributed by atoms with van der Waals surface area (Å²) >= 11 is 5.16. The maximum Gasteiger partial charge on any atom is 0.329 e. The number of carbonyl (C=O) groups is 2. The fourth-order valence-electron chi connectivity index (χ4n) is 0.945. The molecule has 1 fully saturated rings. The fraction of sp³-hybridized carbons (Fsp3) is 0.667. The number of amides is 1. The molecule has 4 nitrogen and oxygen atoms in total. The number of rotatable bonds is 2. The molecule has 1 rings (SSSR count). The second kappa shape index (κ2) is 3.57. The number of ether oxygens (including phenoxy) is 1. The Kier molecular flexibility index (Phi) is 2.70. The van der Waals surface area contributed by atoms with E-state index in [9.17, 15) is 9.59 Å². The summed E-state index contributed by atoms with van der Waals surface area (Å²) in [7, 11) is 0. The van der Waals surface area contributed by atoms with Gasteiger partial charge in [-0.05, 0) is 6.42 Å². The molecule has 62 valence electrons. The maximum absolute atomic E-state index is 10.9. The number of nitrogens with one attached hydrogen (secondary N) is 1. The quantitative estimate of drug-likeness (QED) is 0.477. The molecule has 0 aromatic rings. The summed E-state index contributed by atoms with van der Waals surface area (Å²) in [6.07, 6.45) is 0.899. The molecule has 0 aliphatic carbocycles. The molecule has 0 radical (unpaired) electrons. The Morgan fingerprint density at radius 2 is 2.55 bits per heavy atom. The summed E-state index contributed by atoms with van der Waals surface area (Å²) in [5.74, 6) is -0.563. The van der Waals surface area contributed by atoms with Crippen LogP contribution in [0.4, 0.5) is 0 Å².